The number of nitro benzene ring substituents is 1. The first-order valence-corrected chi connectivity index (χ1v) is 6.15. The molecule has 0 saturated heterocycles. The maximum absolute atomic E-state index is 11.0. The maximum atomic E-state index is 11.0. The summed E-state index contributed by atoms with van der Waals surface area (Å²) < 4.78 is 5.54. The van der Waals surface area contributed by atoms with Crippen molar-refractivity contribution in [2.75, 3.05) is 0 Å². The van der Waals surface area contributed by atoms with Crippen LogP contribution in [0.25, 0.3) is 0 Å². The first-order chi connectivity index (χ1) is 9.88. The first-order valence-electron chi connectivity index (χ1n) is 6.15. The average molecular weight is 287 g/mol. The fourth-order valence-corrected chi connectivity index (χ4v) is 1.91. The lowest BCUT2D eigenvalue weighted by molar-refractivity contribution is -0.385. The zero-order chi connectivity index (χ0) is 15.6. The summed E-state index contributed by atoms with van der Waals surface area (Å²) in [5.41, 5.74) is 1.50. The summed E-state index contributed by atoms with van der Waals surface area (Å²) in [6.07, 6.45) is 0. The highest BCUT2D eigenvalue weighted by Gasteiger charge is 2.19. The molecule has 2 aromatic rings. The van der Waals surface area contributed by atoms with Gasteiger partial charge in [0, 0.05) is 12.1 Å². The minimum Gasteiger partial charge on any atom is -0.478 e. The fraction of sp³-hybridized carbons (Fsp3) is 0.133. The quantitative estimate of drug-likeness (QED) is 0.684. The molecule has 6 heteroatoms. The van der Waals surface area contributed by atoms with Crippen LogP contribution in [0.1, 0.15) is 21.5 Å². The molecule has 0 bridgehead atoms. The Bertz CT molecular complexity index is 724. The molecule has 21 heavy (non-hydrogen) atoms. The summed E-state index contributed by atoms with van der Waals surface area (Å²) in [4.78, 5) is 21.4. The molecule has 2 aromatic carbocycles. The van der Waals surface area contributed by atoms with Gasteiger partial charge in [-0.1, -0.05) is 17.7 Å². The van der Waals surface area contributed by atoms with Gasteiger partial charge in [0.1, 0.15) is 5.75 Å². The Balaban J connectivity index is 2.48. The molecular weight excluding hydrogens is 274 g/mol. The van der Waals surface area contributed by atoms with Crippen LogP contribution in [-0.2, 0) is 0 Å². The van der Waals surface area contributed by atoms with Gasteiger partial charge in [0.05, 0.1) is 10.5 Å². The molecule has 108 valence electrons. The Morgan fingerprint density at radius 2 is 1.86 bits per heavy atom. The highest BCUT2D eigenvalue weighted by Crippen LogP contribution is 2.33. The summed E-state index contributed by atoms with van der Waals surface area (Å²) >= 11 is 0. The predicted octanol–water partition coefficient (Wildman–Crippen LogP) is 3.70. The SMILES string of the molecule is Cc1ccc(Oc2cc(C(=O)O)ccc2[N+](=O)[O-])c(C)c1. The van der Waals surface area contributed by atoms with E-state index in [2.05, 4.69) is 0 Å². The number of carboxylic acids is 1. The normalized spacial score (nSPS) is 10.2. The van der Waals surface area contributed by atoms with Crippen molar-refractivity contribution in [1.82, 2.24) is 0 Å². The van der Waals surface area contributed by atoms with Gasteiger partial charge >= 0.3 is 11.7 Å². The molecule has 0 fully saturated rings. The monoisotopic (exact) mass is 287 g/mol. The van der Waals surface area contributed by atoms with E-state index >= 15 is 0 Å². The van der Waals surface area contributed by atoms with Gasteiger partial charge < -0.3 is 9.84 Å². The van der Waals surface area contributed by atoms with Crippen LogP contribution in [0.4, 0.5) is 5.69 Å². The third-order valence-electron chi connectivity index (χ3n) is 2.95. The molecule has 2 rings (SSSR count). The average Bonchev–Trinajstić information content (AvgIpc) is 2.41. The molecule has 0 aromatic heterocycles. The number of aromatic carboxylic acids is 1. The lowest BCUT2D eigenvalue weighted by Gasteiger charge is -2.10. The van der Waals surface area contributed by atoms with E-state index in [1.165, 1.54) is 6.07 Å². The molecule has 0 aliphatic rings. The number of nitro groups is 1. The van der Waals surface area contributed by atoms with Crippen molar-refractivity contribution < 1.29 is 19.6 Å². The number of hydrogen-bond donors (Lipinski definition) is 1. The van der Waals surface area contributed by atoms with E-state index in [9.17, 15) is 14.9 Å². The predicted molar refractivity (Wildman–Crippen MR) is 76.0 cm³/mol. The Labute approximate surface area is 120 Å². The number of nitrogens with zero attached hydrogens (tertiary/aromatic N) is 1. The van der Waals surface area contributed by atoms with Crippen LogP contribution in [0.15, 0.2) is 36.4 Å². The third kappa shape index (κ3) is 3.17. The van der Waals surface area contributed by atoms with E-state index in [1.54, 1.807) is 6.07 Å². The Morgan fingerprint density at radius 1 is 1.14 bits per heavy atom. The second kappa shape index (κ2) is 5.62. The van der Waals surface area contributed by atoms with Gasteiger partial charge in [0.15, 0.2) is 0 Å². The van der Waals surface area contributed by atoms with E-state index in [4.69, 9.17) is 9.84 Å². The minimum absolute atomic E-state index is 0.0691. The van der Waals surface area contributed by atoms with Crippen LogP contribution in [0, 0.1) is 24.0 Å². The highest BCUT2D eigenvalue weighted by atomic mass is 16.6. The lowest BCUT2D eigenvalue weighted by Crippen LogP contribution is -2.00. The molecule has 0 spiro atoms. The number of hydrogen-bond acceptors (Lipinski definition) is 4. The Hall–Kier alpha value is -2.89. The number of carbonyl (C=O) groups is 1. The lowest BCUT2D eigenvalue weighted by atomic mass is 10.1. The van der Waals surface area contributed by atoms with Gasteiger partial charge in [-0.05, 0) is 31.5 Å². The van der Waals surface area contributed by atoms with E-state index < -0.39 is 10.9 Å². The van der Waals surface area contributed by atoms with E-state index in [-0.39, 0.29) is 17.0 Å². The molecule has 0 atom stereocenters. The van der Waals surface area contributed by atoms with E-state index in [1.807, 2.05) is 26.0 Å². The van der Waals surface area contributed by atoms with E-state index in [0.29, 0.717) is 5.75 Å². The van der Waals surface area contributed by atoms with Crippen molar-refractivity contribution in [2.24, 2.45) is 0 Å². The number of carboxylic acid groups (broad SMARTS) is 1. The summed E-state index contributed by atoms with van der Waals surface area (Å²) in [7, 11) is 0. The smallest absolute Gasteiger partial charge is 0.335 e. The van der Waals surface area contributed by atoms with Gasteiger partial charge in [-0.25, -0.2) is 4.79 Å². The van der Waals surface area contributed by atoms with Gasteiger partial charge in [0.2, 0.25) is 5.75 Å². The summed E-state index contributed by atoms with van der Waals surface area (Å²) in [5.74, 6) is -0.812. The topological polar surface area (TPSA) is 89.7 Å². The van der Waals surface area contributed by atoms with Crippen molar-refractivity contribution in [3.05, 3.63) is 63.2 Å². The summed E-state index contributed by atoms with van der Waals surface area (Å²) in [6, 6.07) is 8.84. The second-order valence-electron chi connectivity index (χ2n) is 4.62. The number of rotatable bonds is 4. The Morgan fingerprint density at radius 3 is 2.43 bits per heavy atom. The number of aryl methyl sites for hydroxylation is 2. The van der Waals surface area contributed by atoms with Crippen molar-refractivity contribution in [2.45, 2.75) is 13.8 Å². The molecule has 0 aliphatic heterocycles. The first kappa shape index (κ1) is 14.5. The fourth-order valence-electron chi connectivity index (χ4n) is 1.91. The van der Waals surface area contributed by atoms with Crippen LogP contribution >= 0.6 is 0 Å². The zero-order valence-electron chi connectivity index (χ0n) is 11.5. The maximum Gasteiger partial charge on any atom is 0.335 e. The van der Waals surface area contributed by atoms with Crippen molar-refractivity contribution >= 4 is 11.7 Å². The van der Waals surface area contributed by atoms with Gasteiger partial charge in [-0.3, -0.25) is 10.1 Å². The molecule has 1 N–H and O–H groups in total. The standard InChI is InChI=1S/C15H13NO5/c1-9-3-6-13(10(2)7-9)21-14-8-11(15(17)18)4-5-12(14)16(19)20/h3-8H,1-2H3,(H,17,18). The van der Waals surface area contributed by atoms with Gasteiger partial charge in [0.25, 0.3) is 0 Å². The van der Waals surface area contributed by atoms with Crippen molar-refractivity contribution in [3.8, 4) is 11.5 Å². The van der Waals surface area contributed by atoms with Crippen molar-refractivity contribution in [1.29, 1.82) is 0 Å². The van der Waals surface area contributed by atoms with Gasteiger partial charge in [-0.2, -0.15) is 0 Å². The molecule has 0 saturated carbocycles. The zero-order valence-corrected chi connectivity index (χ0v) is 11.5. The Kier molecular flexibility index (Phi) is 3.89. The summed E-state index contributed by atoms with van der Waals surface area (Å²) in [6.45, 7) is 3.74. The van der Waals surface area contributed by atoms with Crippen LogP contribution in [0.2, 0.25) is 0 Å². The second-order valence-corrected chi connectivity index (χ2v) is 4.62. The summed E-state index contributed by atoms with van der Waals surface area (Å²) in [5, 5.41) is 20.0. The van der Waals surface area contributed by atoms with Crippen molar-refractivity contribution in [3.63, 3.8) is 0 Å². The molecule has 0 unspecified atom stereocenters. The van der Waals surface area contributed by atoms with Crippen LogP contribution in [-0.4, -0.2) is 16.0 Å². The number of benzene rings is 2. The molecule has 6 nitrogen and oxygen atoms in total. The van der Waals surface area contributed by atoms with Crippen LogP contribution in [0.5, 0.6) is 11.5 Å². The molecule has 0 aliphatic carbocycles. The molecule has 0 radical (unpaired) electrons. The number of ether oxygens (including phenoxy) is 1. The molecule has 0 heterocycles. The van der Waals surface area contributed by atoms with Gasteiger partial charge in [-0.15, -0.1) is 0 Å². The highest BCUT2D eigenvalue weighted by molar-refractivity contribution is 5.88. The van der Waals surface area contributed by atoms with Crippen LogP contribution in [0.3, 0.4) is 0 Å². The molecular formula is C15H13NO5. The van der Waals surface area contributed by atoms with Crippen LogP contribution < -0.4 is 4.74 Å². The minimum atomic E-state index is -1.17. The molecule has 0 amide bonds. The largest absolute Gasteiger partial charge is 0.478 e. The third-order valence-corrected chi connectivity index (χ3v) is 2.95. The van der Waals surface area contributed by atoms with E-state index in [0.717, 1.165) is 23.3 Å².